The Balaban J connectivity index is 1.81. The minimum atomic E-state index is -1.14. The molecule has 0 bridgehead atoms. The lowest BCUT2D eigenvalue weighted by atomic mass is 9.98. The van der Waals surface area contributed by atoms with Gasteiger partial charge in [0.1, 0.15) is 24.9 Å². The minimum absolute atomic E-state index is 0.503. The lowest BCUT2D eigenvalue weighted by molar-refractivity contribution is -0.231. The number of aliphatic carboxylic acids is 1. The first-order valence-corrected chi connectivity index (χ1v) is 7.44. The van der Waals surface area contributed by atoms with Crippen molar-refractivity contribution >= 4 is 11.9 Å². The zero-order valence-electron chi connectivity index (χ0n) is 13.4. The monoisotopic (exact) mass is 331 g/mol. The molecule has 0 aromatic rings. The van der Waals surface area contributed by atoms with Crippen LogP contribution >= 0.6 is 0 Å². The van der Waals surface area contributed by atoms with E-state index in [-0.39, 0.29) is 0 Å². The number of rotatable bonds is 3. The summed E-state index contributed by atoms with van der Waals surface area (Å²) in [7, 11) is 0. The van der Waals surface area contributed by atoms with Gasteiger partial charge < -0.3 is 34.1 Å². The van der Waals surface area contributed by atoms with Crippen LogP contribution in [-0.4, -0.2) is 65.8 Å². The van der Waals surface area contributed by atoms with Crippen molar-refractivity contribution in [2.24, 2.45) is 0 Å². The Morgan fingerprint density at radius 3 is 2.17 bits per heavy atom. The normalized spacial score (nSPS) is 40.3. The second-order valence-electron chi connectivity index (χ2n) is 6.70. The van der Waals surface area contributed by atoms with Gasteiger partial charge in [-0.15, -0.1) is 0 Å². The Bertz CT molecular complexity index is 519. The molecule has 0 radical (unpaired) electrons. The van der Waals surface area contributed by atoms with Crippen molar-refractivity contribution in [3.63, 3.8) is 0 Å². The van der Waals surface area contributed by atoms with E-state index in [4.69, 9.17) is 28.8 Å². The lowest BCUT2D eigenvalue weighted by Crippen LogP contribution is -2.59. The Labute approximate surface area is 133 Å². The van der Waals surface area contributed by atoms with Gasteiger partial charge >= 0.3 is 5.97 Å². The highest BCUT2D eigenvalue weighted by atomic mass is 16.9. The van der Waals surface area contributed by atoms with Crippen molar-refractivity contribution in [2.75, 3.05) is 6.54 Å². The predicted octanol–water partition coefficient (Wildman–Crippen LogP) is -0.416. The van der Waals surface area contributed by atoms with Gasteiger partial charge in [-0.3, -0.25) is 9.59 Å². The number of nitrogens with one attached hydrogen (secondary N) is 1. The van der Waals surface area contributed by atoms with E-state index in [0.717, 1.165) is 0 Å². The number of carbonyl (C=O) groups excluding carboxylic acids is 1. The van der Waals surface area contributed by atoms with Gasteiger partial charge in [0.05, 0.1) is 0 Å². The molecule has 130 valence electrons. The first-order valence-electron chi connectivity index (χ1n) is 7.44. The van der Waals surface area contributed by atoms with E-state index < -0.39 is 60.7 Å². The maximum Gasteiger partial charge on any atom is 0.322 e. The van der Waals surface area contributed by atoms with Crippen LogP contribution in [0.2, 0.25) is 0 Å². The largest absolute Gasteiger partial charge is 0.480 e. The van der Waals surface area contributed by atoms with Crippen LogP contribution in [0.1, 0.15) is 27.7 Å². The lowest BCUT2D eigenvalue weighted by Gasteiger charge is -2.36. The van der Waals surface area contributed by atoms with Gasteiger partial charge in [-0.1, -0.05) is 0 Å². The van der Waals surface area contributed by atoms with Crippen LogP contribution in [0.25, 0.3) is 0 Å². The van der Waals surface area contributed by atoms with Gasteiger partial charge in [0.15, 0.2) is 24.0 Å². The summed E-state index contributed by atoms with van der Waals surface area (Å²) in [6.07, 6.45) is -3.62. The highest BCUT2D eigenvalue weighted by molar-refractivity contribution is 5.85. The van der Waals surface area contributed by atoms with E-state index in [9.17, 15) is 9.59 Å². The van der Waals surface area contributed by atoms with Crippen LogP contribution in [0.3, 0.4) is 0 Å². The van der Waals surface area contributed by atoms with E-state index in [1.165, 1.54) is 0 Å². The number of carboxylic acid groups (broad SMARTS) is 1. The maximum absolute atomic E-state index is 12.3. The van der Waals surface area contributed by atoms with Gasteiger partial charge in [0.2, 0.25) is 0 Å². The van der Waals surface area contributed by atoms with Gasteiger partial charge in [0.25, 0.3) is 5.91 Å². The summed E-state index contributed by atoms with van der Waals surface area (Å²) in [5, 5.41) is 11.0. The smallest absolute Gasteiger partial charge is 0.322 e. The molecule has 3 heterocycles. The summed E-state index contributed by atoms with van der Waals surface area (Å²) < 4.78 is 28.8. The molecule has 0 saturated carbocycles. The highest BCUT2D eigenvalue weighted by Crippen LogP contribution is 2.44. The SMILES string of the molecule is CC1(C)O[C@H]2OC(C(=O)NCC(=O)O)[C@@H]3OC(C)(C)O[C@@H]3[C@H]2O1. The summed E-state index contributed by atoms with van der Waals surface area (Å²) >= 11 is 0. The summed E-state index contributed by atoms with van der Waals surface area (Å²) in [6.45, 7) is 6.44. The molecule has 9 heteroatoms. The standard InChI is InChI=1S/C14H21NO8/c1-13(2)20-7-8(21-13)10-12(23-14(3,4)22-10)19-9(7)11(18)15-5-6(16)17/h7-10,12H,5H2,1-4H3,(H,15,18)(H,16,17)/t7-,8+,9?,10-,12-/m1/s1. The molecule has 3 fully saturated rings. The predicted molar refractivity (Wildman–Crippen MR) is 73.2 cm³/mol. The number of carboxylic acids is 1. The molecule has 1 amide bonds. The zero-order valence-corrected chi connectivity index (χ0v) is 13.4. The van der Waals surface area contributed by atoms with Crippen molar-refractivity contribution in [1.82, 2.24) is 5.32 Å². The minimum Gasteiger partial charge on any atom is -0.480 e. The molecule has 0 aromatic carbocycles. The molecule has 0 aromatic heterocycles. The fourth-order valence-corrected chi connectivity index (χ4v) is 3.09. The second-order valence-corrected chi connectivity index (χ2v) is 6.70. The van der Waals surface area contributed by atoms with Crippen LogP contribution in [-0.2, 0) is 33.3 Å². The molecule has 3 saturated heterocycles. The van der Waals surface area contributed by atoms with Crippen molar-refractivity contribution in [3.8, 4) is 0 Å². The Kier molecular flexibility index (Phi) is 3.88. The fraction of sp³-hybridized carbons (Fsp3) is 0.857. The zero-order chi connectivity index (χ0) is 17.0. The third kappa shape index (κ3) is 3.20. The van der Waals surface area contributed by atoms with E-state index >= 15 is 0 Å². The molecular formula is C14H21NO8. The maximum atomic E-state index is 12.3. The van der Waals surface area contributed by atoms with Crippen LogP contribution in [0.5, 0.6) is 0 Å². The summed E-state index contributed by atoms with van der Waals surface area (Å²) in [6, 6.07) is 0. The van der Waals surface area contributed by atoms with Gasteiger partial charge in [-0.25, -0.2) is 0 Å². The van der Waals surface area contributed by atoms with Crippen LogP contribution in [0, 0.1) is 0 Å². The Morgan fingerprint density at radius 2 is 1.52 bits per heavy atom. The van der Waals surface area contributed by atoms with Crippen molar-refractivity contribution in [3.05, 3.63) is 0 Å². The fourth-order valence-electron chi connectivity index (χ4n) is 3.09. The molecular weight excluding hydrogens is 310 g/mol. The molecule has 3 aliphatic rings. The number of ether oxygens (including phenoxy) is 5. The molecule has 23 heavy (non-hydrogen) atoms. The van der Waals surface area contributed by atoms with Gasteiger partial charge in [0, 0.05) is 0 Å². The first-order chi connectivity index (χ1) is 10.6. The number of hydrogen-bond acceptors (Lipinski definition) is 7. The number of carbonyl (C=O) groups is 2. The summed E-state index contributed by atoms with van der Waals surface area (Å²) in [5.41, 5.74) is 0. The van der Waals surface area contributed by atoms with E-state index in [1.54, 1.807) is 27.7 Å². The van der Waals surface area contributed by atoms with E-state index in [1.807, 2.05) is 0 Å². The van der Waals surface area contributed by atoms with Crippen molar-refractivity contribution < 1.29 is 38.4 Å². The topological polar surface area (TPSA) is 113 Å². The highest BCUT2D eigenvalue weighted by Gasteiger charge is 2.62. The van der Waals surface area contributed by atoms with Crippen LogP contribution in [0.4, 0.5) is 0 Å². The van der Waals surface area contributed by atoms with Crippen molar-refractivity contribution in [2.45, 2.75) is 70.0 Å². The molecule has 9 nitrogen and oxygen atoms in total. The molecule has 0 spiro atoms. The summed E-state index contributed by atoms with van der Waals surface area (Å²) in [4.78, 5) is 22.9. The number of fused-ring (bicyclic) bond motifs is 3. The third-order valence-electron chi connectivity index (χ3n) is 3.83. The number of hydrogen-bond donors (Lipinski definition) is 2. The van der Waals surface area contributed by atoms with Crippen LogP contribution < -0.4 is 5.32 Å². The molecule has 0 aliphatic carbocycles. The first kappa shape index (κ1) is 16.6. The summed E-state index contributed by atoms with van der Waals surface area (Å²) in [5.74, 6) is -3.51. The molecule has 1 unspecified atom stereocenters. The van der Waals surface area contributed by atoms with Gasteiger partial charge in [-0.2, -0.15) is 0 Å². The molecule has 3 rings (SSSR count). The average molecular weight is 331 g/mol. The number of amides is 1. The molecule has 5 atom stereocenters. The van der Waals surface area contributed by atoms with Gasteiger partial charge in [-0.05, 0) is 27.7 Å². The Morgan fingerprint density at radius 1 is 0.957 bits per heavy atom. The van der Waals surface area contributed by atoms with E-state index in [0.29, 0.717) is 0 Å². The van der Waals surface area contributed by atoms with Crippen LogP contribution in [0.15, 0.2) is 0 Å². The average Bonchev–Trinajstić information content (AvgIpc) is 2.89. The quantitative estimate of drug-likeness (QED) is 0.717. The molecule has 2 N–H and O–H groups in total. The Hall–Kier alpha value is -1.26. The molecule has 3 aliphatic heterocycles. The third-order valence-corrected chi connectivity index (χ3v) is 3.83. The van der Waals surface area contributed by atoms with Crippen molar-refractivity contribution in [1.29, 1.82) is 0 Å². The second kappa shape index (κ2) is 5.38. The van der Waals surface area contributed by atoms with E-state index in [2.05, 4.69) is 5.32 Å².